The number of carbonyl (C=O) groups excluding carboxylic acids is 4. The van der Waals surface area contributed by atoms with Gasteiger partial charge in [0.1, 0.15) is 12.1 Å². The lowest BCUT2D eigenvalue weighted by Gasteiger charge is -2.24. The Morgan fingerprint density at radius 1 is 1.14 bits per heavy atom. The molecule has 1 aromatic carbocycles. The first-order valence-electron chi connectivity index (χ1n) is 9.35. The largest absolute Gasteiger partial charge is 0.369 e. The van der Waals surface area contributed by atoms with Gasteiger partial charge in [0.25, 0.3) is 5.91 Å². The van der Waals surface area contributed by atoms with Crippen LogP contribution in [0.3, 0.4) is 0 Å². The minimum absolute atomic E-state index is 0.0857. The quantitative estimate of drug-likeness (QED) is 0.493. The van der Waals surface area contributed by atoms with Crippen LogP contribution >= 0.6 is 11.8 Å². The molecular formula is C19H24N4O4S. The van der Waals surface area contributed by atoms with Crippen molar-refractivity contribution in [3.8, 4) is 0 Å². The monoisotopic (exact) mass is 404 g/mol. The number of nitrogens with one attached hydrogen (secondary N) is 2. The molecule has 4 N–H and O–H groups in total. The number of benzene rings is 1. The molecule has 1 aliphatic heterocycles. The van der Waals surface area contributed by atoms with E-state index < -0.39 is 23.4 Å². The molecule has 5 amide bonds. The third-order valence-electron chi connectivity index (χ3n) is 5.04. The summed E-state index contributed by atoms with van der Waals surface area (Å²) in [6.45, 7) is -0.346. The molecule has 2 aliphatic rings. The number of anilines is 1. The second-order valence-corrected chi connectivity index (χ2v) is 8.13. The lowest BCUT2D eigenvalue weighted by Crippen LogP contribution is -2.47. The van der Waals surface area contributed by atoms with Crippen LogP contribution in [0, 0.1) is 0 Å². The van der Waals surface area contributed by atoms with E-state index in [1.807, 2.05) is 0 Å². The standard InChI is InChI=1S/C19H24N4O4S/c20-15(24)12-28-14-8-4-3-7-13(14)21-16(25)11-23-17(26)19(22-18(23)27)9-5-1-2-6-10-19/h3-4,7-8H,1-2,5-6,9-12H2,(H2,20,24)(H,21,25)(H,22,27). The van der Waals surface area contributed by atoms with Gasteiger partial charge in [-0.25, -0.2) is 4.79 Å². The first-order valence-corrected chi connectivity index (χ1v) is 10.3. The van der Waals surface area contributed by atoms with Crippen LogP contribution in [0.25, 0.3) is 0 Å². The van der Waals surface area contributed by atoms with Crippen molar-refractivity contribution in [1.29, 1.82) is 0 Å². The third kappa shape index (κ3) is 4.46. The summed E-state index contributed by atoms with van der Waals surface area (Å²) in [5, 5.41) is 5.54. The predicted octanol–water partition coefficient (Wildman–Crippen LogP) is 1.85. The van der Waals surface area contributed by atoms with E-state index in [9.17, 15) is 19.2 Å². The van der Waals surface area contributed by atoms with Gasteiger partial charge in [-0.3, -0.25) is 19.3 Å². The molecule has 0 unspecified atom stereocenters. The molecule has 0 radical (unpaired) electrons. The number of nitrogens with two attached hydrogens (primary N) is 1. The molecule has 2 fully saturated rings. The van der Waals surface area contributed by atoms with E-state index in [2.05, 4.69) is 10.6 Å². The number of para-hydroxylation sites is 1. The van der Waals surface area contributed by atoms with E-state index in [0.29, 0.717) is 23.4 Å². The Bertz CT molecular complexity index is 790. The molecule has 0 bridgehead atoms. The summed E-state index contributed by atoms with van der Waals surface area (Å²) in [6.07, 6.45) is 5.09. The molecule has 0 aromatic heterocycles. The molecule has 1 saturated carbocycles. The zero-order valence-electron chi connectivity index (χ0n) is 15.5. The summed E-state index contributed by atoms with van der Waals surface area (Å²) in [5.74, 6) is -1.16. The molecule has 1 spiro atoms. The van der Waals surface area contributed by atoms with Gasteiger partial charge in [0, 0.05) is 4.90 Å². The van der Waals surface area contributed by atoms with Crippen molar-refractivity contribution in [2.75, 3.05) is 17.6 Å². The summed E-state index contributed by atoms with van der Waals surface area (Å²) < 4.78 is 0. The smallest absolute Gasteiger partial charge is 0.325 e. The number of nitrogens with zero attached hydrogens (tertiary/aromatic N) is 1. The van der Waals surface area contributed by atoms with Crippen molar-refractivity contribution in [3.63, 3.8) is 0 Å². The second-order valence-electron chi connectivity index (χ2n) is 7.12. The van der Waals surface area contributed by atoms with E-state index in [1.54, 1.807) is 24.3 Å². The number of urea groups is 1. The molecule has 150 valence electrons. The van der Waals surface area contributed by atoms with Crippen molar-refractivity contribution < 1.29 is 19.2 Å². The van der Waals surface area contributed by atoms with Gasteiger partial charge in [-0.15, -0.1) is 11.8 Å². The minimum Gasteiger partial charge on any atom is -0.369 e. The maximum Gasteiger partial charge on any atom is 0.325 e. The number of carbonyl (C=O) groups is 4. The lowest BCUT2D eigenvalue weighted by atomic mass is 9.90. The summed E-state index contributed by atoms with van der Waals surface area (Å²) in [7, 11) is 0. The molecular weight excluding hydrogens is 380 g/mol. The third-order valence-corrected chi connectivity index (χ3v) is 6.13. The maximum atomic E-state index is 12.9. The Kier molecular flexibility index (Phi) is 6.23. The van der Waals surface area contributed by atoms with Crippen LogP contribution < -0.4 is 16.4 Å². The van der Waals surface area contributed by atoms with Gasteiger partial charge in [-0.05, 0) is 25.0 Å². The fourth-order valence-electron chi connectivity index (χ4n) is 3.67. The Balaban J connectivity index is 1.66. The molecule has 9 heteroatoms. The molecule has 28 heavy (non-hydrogen) atoms. The van der Waals surface area contributed by atoms with Crippen molar-refractivity contribution in [2.45, 2.75) is 49.0 Å². The molecule has 1 aromatic rings. The van der Waals surface area contributed by atoms with Crippen LogP contribution in [0.2, 0.25) is 0 Å². The topological polar surface area (TPSA) is 122 Å². The van der Waals surface area contributed by atoms with E-state index in [4.69, 9.17) is 5.73 Å². The van der Waals surface area contributed by atoms with Crippen molar-refractivity contribution in [3.05, 3.63) is 24.3 Å². The molecule has 1 heterocycles. The molecule has 1 aliphatic carbocycles. The summed E-state index contributed by atoms with van der Waals surface area (Å²) in [6, 6.07) is 6.47. The van der Waals surface area contributed by atoms with Crippen LogP contribution in [-0.4, -0.2) is 46.5 Å². The molecule has 0 atom stereocenters. The van der Waals surface area contributed by atoms with Gasteiger partial charge >= 0.3 is 6.03 Å². The fourth-order valence-corrected chi connectivity index (χ4v) is 4.42. The van der Waals surface area contributed by atoms with E-state index >= 15 is 0 Å². The lowest BCUT2D eigenvalue weighted by molar-refractivity contribution is -0.134. The normalized spacial score (nSPS) is 18.6. The highest BCUT2D eigenvalue weighted by Crippen LogP contribution is 2.33. The van der Waals surface area contributed by atoms with Crippen molar-refractivity contribution in [2.24, 2.45) is 5.73 Å². The van der Waals surface area contributed by atoms with Crippen LogP contribution in [0.15, 0.2) is 29.2 Å². The van der Waals surface area contributed by atoms with Gasteiger partial charge in [-0.2, -0.15) is 0 Å². The second kappa shape index (κ2) is 8.64. The van der Waals surface area contributed by atoms with Gasteiger partial charge in [0.05, 0.1) is 11.4 Å². The number of imide groups is 1. The maximum absolute atomic E-state index is 12.9. The number of rotatable bonds is 6. The van der Waals surface area contributed by atoms with Gasteiger partial charge in [-0.1, -0.05) is 37.8 Å². The number of hydrogen-bond acceptors (Lipinski definition) is 5. The van der Waals surface area contributed by atoms with Gasteiger partial charge in [0.15, 0.2) is 0 Å². The minimum atomic E-state index is -0.858. The first kappa shape index (κ1) is 20.2. The van der Waals surface area contributed by atoms with Crippen LogP contribution in [0.5, 0.6) is 0 Å². The van der Waals surface area contributed by atoms with Gasteiger partial charge in [0.2, 0.25) is 11.8 Å². The van der Waals surface area contributed by atoms with Crippen molar-refractivity contribution in [1.82, 2.24) is 10.2 Å². The van der Waals surface area contributed by atoms with Crippen LogP contribution in [0.4, 0.5) is 10.5 Å². The first-order chi connectivity index (χ1) is 13.4. The summed E-state index contributed by atoms with van der Waals surface area (Å²) in [5.41, 5.74) is 4.83. The number of hydrogen-bond donors (Lipinski definition) is 3. The average molecular weight is 404 g/mol. The fraction of sp³-hybridized carbons (Fsp3) is 0.474. The van der Waals surface area contributed by atoms with E-state index in [-0.39, 0.29) is 18.2 Å². The number of primary amides is 1. The van der Waals surface area contributed by atoms with Crippen LogP contribution in [0.1, 0.15) is 38.5 Å². The Labute approximate surface area is 167 Å². The molecule has 3 rings (SSSR count). The van der Waals surface area contributed by atoms with E-state index in [1.165, 1.54) is 11.8 Å². The SMILES string of the molecule is NC(=O)CSc1ccccc1NC(=O)CN1C(=O)NC2(CCCCCC2)C1=O. The highest BCUT2D eigenvalue weighted by Gasteiger charge is 2.51. The van der Waals surface area contributed by atoms with Crippen LogP contribution in [-0.2, 0) is 14.4 Å². The number of thioether (sulfide) groups is 1. The number of amides is 5. The zero-order chi connectivity index (χ0) is 20.1. The molecule has 8 nitrogen and oxygen atoms in total. The zero-order valence-corrected chi connectivity index (χ0v) is 16.3. The predicted molar refractivity (Wildman–Crippen MR) is 106 cm³/mol. The summed E-state index contributed by atoms with van der Waals surface area (Å²) in [4.78, 5) is 50.4. The molecule has 1 saturated heterocycles. The Morgan fingerprint density at radius 2 is 1.82 bits per heavy atom. The average Bonchev–Trinajstić information content (AvgIpc) is 2.83. The highest BCUT2D eigenvalue weighted by atomic mass is 32.2. The van der Waals surface area contributed by atoms with E-state index in [0.717, 1.165) is 30.6 Å². The Hall–Kier alpha value is -2.55. The highest BCUT2D eigenvalue weighted by molar-refractivity contribution is 8.00. The Morgan fingerprint density at radius 3 is 2.50 bits per heavy atom. The van der Waals surface area contributed by atoms with Gasteiger partial charge < -0.3 is 16.4 Å². The van der Waals surface area contributed by atoms with Crippen molar-refractivity contribution >= 4 is 41.2 Å². The summed E-state index contributed by atoms with van der Waals surface area (Å²) >= 11 is 1.21.